The SMILES string of the molecule is NCC1C=CC(C(=O)O)C2C1C1(CC(CC=CCCC3CCCCC3)CCc3ccccc3)C=CC2C2(c3ccccc3)CCCCC2CC1. The Balaban J connectivity index is 1.24. The molecule has 9 unspecified atom stereocenters. The van der Waals surface area contributed by atoms with E-state index in [2.05, 4.69) is 97.1 Å². The second-order valence-corrected chi connectivity index (χ2v) is 17.1. The van der Waals surface area contributed by atoms with Gasteiger partial charge >= 0.3 is 5.97 Å². The van der Waals surface area contributed by atoms with Gasteiger partial charge in [-0.15, -0.1) is 0 Å². The Bertz CT molecular complexity index is 1470. The minimum atomic E-state index is -0.654. The van der Waals surface area contributed by atoms with E-state index < -0.39 is 11.9 Å². The summed E-state index contributed by atoms with van der Waals surface area (Å²) in [5.41, 5.74) is 9.50. The van der Waals surface area contributed by atoms with E-state index in [1.54, 1.807) is 0 Å². The molecule has 0 aliphatic heterocycles. The molecule has 0 aromatic heterocycles. The first-order chi connectivity index (χ1) is 24.5. The topological polar surface area (TPSA) is 63.3 Å². The number of allylic oxidation sites excluding steroid dienone is 4. The molecule has 3 fully saturated rings. The van der Waals surface area contributed by atoms with Gasteiger partial charge in [0.05, 0.1) is 5.92 Å². The van der Waals surface area contributed by atoms with E-state index in [0.717, 1.165) is 44.4 Å². The first kappa shape index (κ1) is 35.5. The van der Waals surface area contributed by atoms with E-state index in [9.17, 15) is 9.90 Å². The van der Waals surface area contributed by atoms with Gasteiger partial charge < -0.3 is 10.8 Å². The number of fused-ring (bicyclic) bond motifs is 1. The number of carbonyl (C=O) groups is 1. The maximum Gasteiger partial charge on any atom is 0.310 e. The second-order valence-electron chi connectivity index (χ2n) is 17.1. The molecule has 0 spiro atoms. The van der Waals surface area contributed by atoms with Crippen LogP contribution in [0, 0.1) is 52.8 Å². The molecule has 3 nitrogen and oxygen atoms in total. The third-order valence-electron chi connectivity index (χ3n) is 14.6. The summed E-state index contributed by atoms with van der Waals surface area (Å²) in [5.74, 6) is 1.62. The van der Waals surface area contributed by atoms with Gasteiger partial charge in [-0.2, -0.15) is 0 Å². The molecule has 2 bridgehead atoms. The number of nitrogens with two attached hydrogens (primary N) is 1. The molecule has 0 amide bonds. The zero-order valence-electron chi connectivity index (χ0n) is 30.5. The number of carboxylic acids is 1. The minimum absolute atomic E-state index is 0.0166. The number of aliphatic carboxylic acids is 1. The average molecular weight is 674 g/mol. The third kappa shape index (κ3) is 7.23. The molecule has 3 saturated carbocycles. The van der Waals surface area contributed by atoms with Gasteiger partial charge in [0.1, 0.15) is 0 Å². The average Bonchev–Trinajstić information content (AvgIpc) is 3.16. The van der Waals surface area contributed by atoms with Crippen molar-refractivity contribution >= 4 is 5.97 Å². The van der Waals surface area contributed by atoms with Crippen molar-refractivity contribution < 1.29 is 9.90 Å². The maximum atomic E-state index is 13.3. The van der Waals surface area contributed by atoms with Crippen molar-refractivity contribution in [3.8, 4) is 0 Å². The molecule has 6 aliphatic carbocycles. The lowest BCUT2D eigenvalue weighted by molar-refractivity contribution is -0.148. The first-order valence-corrected chi connectivity index (χ1v) is 20.6. The summed E-state index contributed by atoms with van der Waals surface area (Å²) < 4.78 is 0. The zero-order chi connectivity index (χ0) is 34.4. The van der Waals surface area contributed by atoms with Gasteiger partial charge in [0, 0.05) is 5.41 Å². The molecule has 2 aromatic carbocycles. The lowest BCUT2D eigenvalue weighted by atomic mass is 9.41. The summed E-state index contributed by atoms with van der Waals surface area (Å²) in [7, 11) is 0. The summed E-state index contributed by atoms with van der Waals surface area (Å²) >= 11 is 0. The number of hydrogen-bond acceptors (Lipinski definition) is 2. The van der Waals surface area contributed by atoms with Crippen LogP contribution in [0.15, 0.2) is 97.1 Å². The van der Waals surface area contributed by atoms with Gasteiger partial charge in [-0.3, -0.25) is 4.79 Å². The summed E-state index contributed by atoms with van der Waals surface area (Å²) in [6.45, 7) is 0.587. The van der Waals surface area contributed by atoms with E-state index in [4.69, 9.17) is 5.73 Å². The van der Waals surface area contributed by atoms with Crippen molar-refractivity contribution in [1.82, 2.24) is 0 Å². The third-order valence-corrected chi connectivity index (χ3v) is 14.6. The molecule has 2 aromatic rings. The smallest absolute Gasteiger partial charge is 0.310 e. The number of carboxylic acid groups (broad SMARTS) is 1. The van der Waals surface area contributed by atoms with Crippen molar-refractivity contribution in [2.24, 2.45) is 58.5 Å². The Kier molecular flexibility index (Phi) is 11.5. The van der Waals surface area contributed by atoms with Crippen LogP contribution in [0.4, 0.5) is 0 Å². The first-order valence-electron chi connectivity index (χ1n) is 20.6. The molecule has 8 rings (SSSR count). The fourth-order valence-corrected chi connectivity index (χ4v) is 12.3. The summed E-state index contributed by atoms with van der Waals surface area (Å²) in [6, 6.07) is 22.3. The molecule has 0 radical (unpaired) electrons. The molecule has 3 heteroatoms. The molecule has 268 valence electrons. The van der Waals surface area contributed by atoms with Gasteiger partial charge in [-0.05, 0) is 129 Å². The predicted octanol–water partition coefficient (Wildman–Crippen LogP) is 11.1. The summed E-state index contributed by atoms with van der Waals surface area (Å²) in [4.78, 5) is 13.3. The molecule has 50 heavy (non-hydrogen) atoms. The largest absolute Gasteiger partial charge is 0.481 e. The molecular formula is C47H63NO2. The number of benzene rings is 2. The minimum Gasteiger partial charge on any atom is -0.481 e. The van der Waals surface area contributed by atoms with Crippen LogP contribution in [0.1, 0.15) is 114 Å². The lowest BCUT2D eigenvalue weighted by Gasteiger charge is -2.63. The number of rotatable bonds is 13. The highest BCUT2D eigenvalue weighted by Crippen LogP contribution is 2.66. The summed E-state index contributed by atoms with van der Waals surface area (Å²) in [5, 5.41) is 10.9. The molecule has 3 N–H and O–H groups in total. The molecule has 0 heterocycles. The van der Waals surface area contributed by atoms with Crippen LogP contribution in [0.3, 0.4) is 0 Å². The van der Waals surface area contributed by atoms with Gasteiger partial charge in [-0.1, -0.05) is 142 Å². The Hall–Kier alpha value is -2.91. The Labute approximate surface area is 302 Å². The van der Waals surface area contributed by atoms with Gasteiger partial charge in [0.15, 0.2) is 0 Å². The van der Waals surface area contributed by atoms with E-state index in [1.807, 2.05) is 0 Å². The van der Waals surface area contributed by atoms with Crippen molar-refractivity contribution in [2.75, 3.05) is 6.54 Å². The second kappa shape index (κ2) is 16.2. The zero-order valence-corrected chi connectivity index (χ0v) is 30.5. The Morgan fingerprint density at radius 2 is 1.62 bits per heavy atom. The molecular weight excluding hydrogens is 611 g/mol. The predicted molar refractivity (Wildman–Crippen MR) is 207 cm³/mol. The van der Waals surface area contributed by atoms with Gasteiger partial charge in [0.25, 0.3) is 0 Å². The highest BCUT2D eigenvalue weighted by atomic mass is 16.4. The normalized spacial score (nSPS) is 34.5. The van der Waals surface area contributed by atoms with Crippen LogP contribution < -0.4 is 5.73 Å². The number of hydrogen-bond donors (Lipinski definition) is 2. The Morgan fingerprint density at radius 3 is 2.38 bits per heavy atom. The van der Waals surface area contributed by atoms with Gasteiger partial charge in [0.2, 0.25) is 0 Å². The Morgan fingerprint density at radius 1 is 0.860 bits per heavy atom. The fraction of sp³-hybridized carbons (Fsp3) is 0.596. The molecule has 0 saturated heterocycles. The quantitative estimate of drug-likeness (QED) is 0.208. The maximum absolute atomic E-state index is 13.3. The fourth-order valence-electron chi connectivity index (χ4n) is 12.3. The number of aryl methyl sites for hydroxylation is 1. The van der Waals surface area contributed by atoms with E-state index >= 15 is 0 Å². The van der Waals surface area contributed by atoms with Gasteiger partial charge in [-0.25, -0.2) is 0 Å². The molecule has 6 aliphatic rings. The van der Waals surface area contributed by atoms with Crippen molar-refractivity contribution in [2.45, 2.75) is 115 Å². The van der Waals surface area contributed by atoms with Crippen molar-refractivity contribution in [3.63, 3.8) is 0 Å². The van der Waals surface area contributed by atoms with Crippen molar-refractivity contribution in [3.05, 3.63) is 108 Å². The summed E-state index contributed by atoms with van der Waals surface area (Å²) in [6.07, 6.45) is 36.0. The van der Waals surface area contributed by atoms with Crippen LogP contribution in [0.5, 0.6) is 0 Å². The van der Waals surface area contributed by atoms with Crippen LogP contribution in [-0.4, -0.2) is 17.6 Å². The standard InChI is InChI=1S/C47H63NO2/c48-34-38-26-27-41(45(49)50)43-42-29-32-46(44(38)43,31-28-40-23-13-14-30-47(40,42)39-21-11-4-12-22-39)33-37(25-24-36-18-8-2-9-19-36)20-10-3-7-17-35-15-5-1-6-16-35/h2-4,8-12,18-19,21-22,26-27,29,32,35,37-38,40-44H,1,5-7,13-17,20,23-25,28,30-31,33-34,48H2,(H,49,50). The van der Waals surface area contributed by atoms with Crippen LogP contribution >= 0.6 is 0 Å². The highest BCUT2D eigenvalue weighted by molar-refractivity contribution is 5.73. The molecule has 9 atom stereocenters. The van der Waals surface area contributed by atoms with Crippen LogP contribution in [-0.2, 0) is 16.6 Å². The van der Waals surface area contributed by atoms with E-state index in [0.29, 0.717) is 18.4 Å². The highest BCUT2D eigenvalue weighted by Gasteiger charge is 2.62. The lowest BCUT2D eigenvalue weighted by Crippen LogP contribution is -2.59. The van der Waals surface area contributed by atoms with Crippen LogP contribution in [0.2, 0.25) is 0 Å². The van der Waals surface area contributed by atoms with E-state index in [-0.39, 0.29) is 34.5 Å². The van der Waals surface area contributed by atoms with E-state index in [1.165, 1.54) is 81.8 Å². The monoisotopic (exact) mass is 673 g/mol. The van der Waals surface area contributed by atoms with Crippen LogP contribution in [0.25, 0.3) is 0 Å². The van der Waals surface area contributed by atoms with Crippen molar-refractivity contribution in [1.29, 1.82) is 0 Å².